The molecule has 1 aliphatic carbocycles. The molecule has 1 aromatic carbocycles. The van der Waals surface area contributed by atoms with Crippen LogP contribution >= 0.6 is 0 Å². The lowest BCUT2D eigenvalue weighted by atomic mass is 9.75. The predicted octanol–water partition coefficient (Wildman–Crippen LogP) is 2.17. The molecule has 2 rings (SSSR count). The molecule has 1 fully saturated rings. The topological polar surface area (TPSA) is 101 Å². The first-order valence-corrected chi connectivity index (χ1v) is 10.4. The number of carbonyl (C=O) groups excluding carboxylic acids is 1. The Morgan fingerprint density at radius 2 is 1.84 bits per heavy atom. The van der Waals surface area contributed by atoms with Gasteiger partial charge in [0.05, 0.1) is 11.3 Å². The molecule has 25 heavy (non-hydrogen) atoms. The molecule has 7 heteroatoms. The van der Waals surface area contributed by atoms with Gasteiger partial charge in [-0.05, 0) is 43.2 Å². The third kappa shape index (κ3) is 4.60. The molecule has 6 nitrogen and oxygen atoms in total. The Hall–Kier alpha value is -1.89. The van der Waals surface area contributed by atoms with Crippen molar-refractivity contribution in [3.05, 3.63) is 29.8 Å². The standard InChI is InChI=1S/C18H25NO5S/c1-3-13-8-10-18(11-9-13,17(21)22)19-16(20)12-14-6-4-5-7-15(14)25(2,23)24/h4-7,13H,3,8-12H2,1-2H3,(H,19,20)(H,21,22). The molecule has 138 valence electrons. The first-order chi connectivity index (χ1) is 11.7. The van der Waals surface area contributed by atoms with E-state index >= 15 is 0 Å². The van der Waals surface area contributed by atoms with Crippen molar-refractivity contribution < 1.29 is 23.1 Å². The highest BCUT2D eigenvalue weighted by Crippen LogP contribution is 2.34. The SMILES string of the molecule is CCC1CCC(NC(=O)Cc2ccccc2S(C)(=O)=O)(C(=O)O)CC1. The van der Waals surface area contributed by atoms with Gasteiger partial charge < -0.3 is 10.4 Å². The molecule has 0 saturated heterocycles. The highest BCUT2D eigenvalue weighted by atomic mass is 32.2. The van der Waals surface area contributed by atoms with E-state index in [1.807, 2.05) is 0 Å². The monoisotopic (exact) mass is 367 g/mol. The fraction of sp³-hybridized carbons (Fsp3) is 0.556. The van der Waals surface area contributed by atoms with Crippen molar-refractivity contribution >= 4 is 21.7 Å². The molecule has 0 unspecified atom stereocenters. The van der Waals surface area contributed by atoms with Gasteiger partial charge in [-0.2, -0.15) is 0 Å². The normalized spacial score (nSPS) is 23.8. The summed E-state index contributed by atoms with van der Waals surface area (Å²) in [6.07, 6.45) is 4.28. The second-order valence-corrected chi connectivity index (χ2v) is 8.83. The summed E-state index contributed by atoms with van der Waals surface area (Å²) in [6.45, 7) is 2.08. The Kier molecular flexibility index (Phi) is 5.87. The molecule has 1 saturated carbocycles. The van der Waals surface area contributed by atoms with Crippen LogP contribution < -0.4 is 5.32 Å². The van der Waals surface area contributed by atoms with Crippen LogP contribution in [0.1, 0.15) is 44.6 Å². The van der Waals surface area contributed by atoms with E-state index in [-0.39, 0.29) is 11.3 Å². The molecule has 0 aliphatic heterocycles. The summed E-state index contributed by atoms with van der Waals surface area (Å²) in [5, 5.41) is 12.3. The molecule has 0 atom stereocenters. The minimum atomic E-state index is -3.45. The van der Waals surface area contributed by atoms with Crippen molar-refractivity contribution in [1.29, 1.82) is 0 Å². The Labute approximate surface area is 148 Å². The van der Waals surface area contributed by atoms with Crippen LogP contribution in [0, 0.1) is 5.92 Å². The lowest BCUT2D eigenvalue weighted by Crippen LogP contribution is -2.56. The van der Waals surface area contributed by atoms with Crippen molar-refractivity contribution in [2.24, 2.45) is 5.92 Å². The molecule has 0 bridgehead atoms. The largest absolute Gasteiger partial charge is 0.480 e. The molecule has 1 aromatic rings. The van der Waals surface area contributed by atoms with Crippen LogP contribution in [0.25, 0.3) is 0 Å². The quantitative estimate of drug-likeness (QED) is 0.802. The van der Waals surface area contributed by atoms with Crippen LogP contribution in [-0.4, -0.2) is 37.2 Å². The van der Waals surface area contributed by atoms with E-state index in [1.165, 1.54) is 6.07 Å². The number of hydrogen-bond donors (Lipinski definition) is 2. The van der Waals surface area contributed by atoms with Crippen LogP contribution in [0.5, 0.6) is 0 Å². The molecule has 0 heterocycles. The second-order valence-electron chi connectivity index (χ2n) is 6.84. The maximum atomic E-state index is 12.5. The van der Waals surface area contributed by atoms with Gasteiger partial charge in [0, 0.05) is 6.26 Å². The molecule has 1 amide bonds. The van der Waals surface area contributed by atoms with E-state index in [2.05, 4.69) is 12.2 Å². The van der Waals surface area contributed by atoms with Gasteiger partial charge in [0.1, 0.15) is 5.54 Å². The number of aliphatic carboxylic acids is 1. The van der Waals surface area contributed by atoms with Gasteiger partial charge in [0.25, 0.3) is 0 Å². The van der Waals surface area contributed by atoms with Crippen molar-refractivity contribution in [3.63, 3.8) is 0 Å². The van der Waals surface area contributed by atoms with E-state index in [0.29, 0.717) is 24.3 Å². The second kappa shape index (κ2) is 7.56. The summed E-state index contributed by atoms with van der Waals surface area (Å²) in [7, 11) is -3.45. The zero-order chi connectivity index (χ0) is 18.7. The minimum Gasteiger partial charge on any atom is -0.480 e. The van der Waals surface area contributed by atoms with Crippen LogP contribution in [0.4, 0.5) is 0 Å². The van der Waals surface area contributed by atoms with Crippen LogP contribution in [0.2, 0.25) is 0 Å². The van der Waals surface area contributed by atoms with Gasteiger partial charge in [-0.1, -0.05) is 31.5 Å². The van der Waals surface area contributed by atoms with Gasteiger partial charge in [0.15, 0.2) is 9.84 Å². The highest BCUT2D eigenvalue weighted by Gasteiger charge is 2.42. The third-order valence-electron chi connectivity index (χ3n) is 5.05. The number of benzene rings is 1. The average molecular weight is 367 g/mol. The van der Waals surface area contributed by atoms with Gasteiger partial charge in [-0.15, -0.1) is 0 Å². The van der Waals surface area contributed by atoms with Crippen LogP contribution in [0.15, 0.2) is 29.2 Å². The van der Waals surface area contributed by atoms with E-state index in [9.17, 15) is 23.1 Å². The third-order valence-corrected chi connectivity index (χ3v) is 6.24. The lowest BCUT2D eigenvalue weighted by molar-refractivity contribution is -0.149. The van der Waals surface area contributed by atoms with E-state index in [4.69, 9.17) is 0 Å². The first kappa shape index (κ1) is 19.4. The Balaban J connectivity index is 2.15. The fourth-order valence-corrected chi connectivity index (χ4v) is 4.41. The molecule has 0 radical (unpaired) electrons. The molecule has 2 N–H and O–H groups in total. The number of hydrogen-bond acceptors (Lipinski definition) is 4. The number of sulfone groups is 1. The van der Waals surface area contributed by atoms with Gasteiger partial charge >= 0.3 is 5.97 Å². The number of carboxylic acid groups (broad SMARTS) is 1. The highest BCUT2D eigenvalue weighted by molar-refractivity contribution is 7.90. The van der Waals surface area contributed by atoms with Gasteiger partial charge in [0.2, 0.25) is 5.91 Å². The number of rotatable bonds is 6. The van der Waals surface area contributed by atoms with E-state index in [0.717, 1.165) is 25.5 Å². The Morgan fingerprint density at radius 1 is 1.24 bits per heavy atom. The minimum absolute atomic E-state index is 0.101. The molecule has 1 aliphatic rings. The van der Waals surface area contributed by atoms with Crippen molar-refractivity contribution in [2.45, 2.75) is 55.9 Å². The van der Waals surface area contributed by atoms with E-state index in [1.54, 1.807) is 18.2 Å². The zero-order valence-electron chi connectivity index (χ0n) is 14.6. The summed E-state index contributed by atoms with van der Waals surface area (Å²) in [5.74, 6) is -0.990. The fourth-order valence-electron chi connectivity index (χ4n) is 3.47. The number of carboxylic acids is 1. The van der Waals surface area contributed by atoms with Crippen LogP contribution in [-0.2, 0) is 25.8 Å². The first-order valence-electron chi connectivity index (χ1n) is 8.50. The maximum Gasteiger partial charge on any atom is 0.329 e. The van der Waals surface area contributed by atoms with Crippen LogP contribution in [0.3, 0.4) is 0 Å². The van der Waals surface area contributed by atoms with Gasteiger partial charge in [-0.3, -0.25) is 4.79 Å². The summed E-state index contributed by atoms with van der Waals surface area (Å²) in [6, 6.07) is 6.30. The smallest absolute Gasteiger partial charge is 0.329 e. The van der Waals surface area contributed by atoms with E-state index < -0.39 is 27.3 Å². The summed E-state index contributed by atoms with van der Waals surface area (Å²) < 4.78 is 23.7. The van der Waals surface area contributed by atoms with Crippen molar-refractivity contribution in [3.8, 4) is 0 Å². The molecule has 0 aromatic heterocycles. The lowest BCUT2D eigenvalue weighted by Gasteiger charge is -2.37. The van der Waals surface area contributed by atoms with Crippen molar-refractivity contribution in [1.82, 2.24) is 5.32 Å². The predicted molar refractivity (Wildman–Crippen MR) is 94.0 cm³/mol. The van der Waals surface area contributed by atoms with Crippen molar-refractivity contribution in [2.75, 3.05) is 6.26 Å². The zero-order valence-corrected chi connectivity index (χ0v) is 15.4. The average Bonchev–Trinajstić information content (AvgIpc) is 2.54. The molecule has 0 spiro atoms. The summed E-state index contributed by atoms with van der Waals surface area (Å²) in [5.41, 5.74) is -0.867. The van der Waals surface area contributed by atoms with Gasteiger partial charge in [-0.25, -0.2) is 13.2 Å². The Morgan fingerprint density at radius 3 is 2.36 bits per heavy atom. The number of nitrogens with one attached hydrogen (secondary N) is 1. The summed E-state index contributed by atoms with van der Waals surface area (Å²) in [4.78, 5) is 24.3. The number of carbonyl (C=O) groups is 2. The Bertz CT molecular complexity index is 748. The number of amides is 1. The maximum absolute atomic E-state index is 12.5. The summed E-state index contributed by atoms with van der Waals surface area (Å²) >= 11 is 0. The molecular formula is C18H25NO5S. The molecular weight excluding hydrogens is 342 g/mol.